The number of carboxylic acid groups (broad SMARTS) is 1. The minimum absolute atomic E-state index is 0.0156. The van der Waals surface area contributed by atoms with Crippen LogP contribution in [0.3, 0.4) is 0 Å². The monoisotopic (exact) mass is 601 g/mol. The van der Waals surface area contributed by atoms with Gasteiger partial charge in [-0.05, 0) is 55.9 Å². The second-order valence-electron chi connectivity index (χ2n) is 11.3. The van der Waals surface area contributed by atoms with Crippen LogP contribution in [0, 0.1) is 5.92 Å². The molecule has 3 N–H and O–H groups in total. The number of ether oxygens (including phenoxy) is 2. The van der Waals surface area contributed by atoms with Crippen molar-refractivity contribution >= 4 is 40.5 Å². The minimum Gasteiger partial charge on any atom is -0.497 e. The smallest absolute Gasteiger partial charge is 0.394 e. The summed E-state index contributed by atoms with van der Waals surface area (Å²) >= 11 is 6.52. The van der Waals surface area contributed by atoms with Gasteiger partial charge in [-0.2, -0.15) is 8.78 Å². The first-order valence-electron chi connectivity index (χ1n) is 13.8. The highest BCUT2D eigenvalue weighted by Gasteiger charge is 2.36. The van der Waals surface area contributed by atoms with Gasteiger partial charge in [0.05, 0.1) is 23.6 Å². The molecule has 1 fully saturated rings. The van der Waals surface area contributed by atoms with E-state index in [4.69, 9.17) is 21.1 Å². The van der Waals surface area contributed by atoms with Crippen molar-refractivity contribution in [1.29, 1.82) is 0 Å². The number of allylic oxidation sites excluding steroid dienone is 2. The van der Waals surface area contributed by atoms with Gasteiger partial charge in [-0.1, -0.05) is 24.3 Å². The third-order valence-corrected chi connectivity index (χ3v) is 8.05. The SMILES string of the molecule is COc1cc(NC2CC(C(=O)O)C2)cc(NC(C(=O)N2CCc3ccc(OC(C)(F)F)cc32)C2=CCC(C)(Cl)C=C2)c1. The van der Waals surface area contributed by atoms with Crippen LogP contribution in [0.1, 0.15) is 38.7 Å². The van der Waals surface area contributed by atoms with Gasteiger partial charge in [0.15, 0.2) is 0 Å². The number of benzene rings is 2. The third kappa shape index (κ3) is 6.81. The quantitative estimate of drug-likeness (QED) is 0.278. The summed E-state index contributed by atoms with van der Waals surface area (Å²) in [5.74, 6) is -0.884. The summed E-state index contributed by atoms with van der Waals surface area (Å²) in [4.78, 5) is 26.5. The van der Waals surface area contributed by atoms with Gasteiger partial charge in [0, 0.05) is 49.1 Å². The van der Waals surface area contributed by atoms with Crippen molar-refractivity contribution in [3.8, 4) is 11.5 Å². The number of amides is 1. The lowest BCUT2D eigenvalue weighted by Crippen LogP contribution is -2.43. The number of aliphatic carboxylic acids is 1. The number of anilines is 3. The Kier molecular flexibility index (Phi) is 8.11. The van der Waals surface area contributed by atoms with E-state index in [9.17, 15) is 23.5 Å². The van der Waals surface area contributed by atoms with Crippen LogP contribution in [0.15, 0.2) is 60.2 Å². The Morgan fingerprint density at radius 2 is 1.90 bits per heavy atom. The Labute approximate surface area is 248 Å². The number of carboxylic acids is 1. The second-order valence-corrected chi connectivity index (χ2v) is 12.2. The number of hydrogen-bond donors (Lipinski definition) is 3. The van der Waals surface area contributed by atoms with Crippen molar-refractivity contribution in [1.82, 2.24) is 0 Å². The first kappa shape index (κ1) is 29.7. The number of hydrogen-bond acceptors (Lipinski definition) is 6. The molecule has 11 heteroatoms. The Morgan fingerprint density at radius 3 is 2.55 bits per heavy atom. The van der Waals surface area contributed by atoms with Crippen LogP contribution in [0.25, 0.3) is 0 Å². The van der Waals surface area contributed by atoms with Gasteiger partial charge in [-0.3, -0.25) is 9.59 Å². The summed E-state index contributed by atoms with van der Waals surface area (Å²) in [6.07, 6.45) is 4.40. The maximum atomic E-state index is 14.2. The Morgan fingerprint density at radius 1 is 1.17 bits per heavy atom. The lowest BCUT2D eigenvalue weighted by molar-refractivity contribution is -0.159. The van der Waals surface area contributed by atoms with Gasteiger partial charge in [-0.15, -0.1) is 11.6 Å². The fourth-order valence-electron chi connectivity index (χ4n) is 5.46. The molecule has 2 atom stereocenters. The van der Waals surface area contributed by atoms with Crippen LogP contribution in [-0.4, -0.2) is 53.7 Å². The number of methoxy groups -OCH3 is 1. The summed E-state index contributed by atoms with van der Waals surface area (Å²) in [6.45, 7) is 2.95. The Bertz CT molecular complexity index is 1430. The van der Waals surface area contributed by atoms with Gasteiger partial charge >= 0.3 is 12.1 Å². The molecule has 224 valence electrons. The summed E-state index contributed by atoms with van der Waals surface area (Å²) in [5, 5.41) is 15.9. The average molecular weight is 602 g/mol. The van der Waals surface area contributed by atoms with E-state index >= 15 is 0 Å². The molecule has 1 saturated carbocycles. The van der Waals surface area contributed by atoms with Crippen LogP contribution >= 0.6 is 11.6 Å². The molecule has 1 aliphatic heterocycles. The number of nitrogens with zero attached hydrogens (tertiary/aromatic N) is 1. The molecule has 0 bridgehead atoms. The Hall–Kier alpha value is -3.79. The molecule has 0 spiro atoms. The average Bonchev–Trinajstić information content (AvgIpc) is 3.31. The zero-order valence-corrected chi connectivity index (χ0v) is 24.4. The van der Waals surface area contributed by atoms with E-state index in [1.165, 1.54) is 12.1 Å². The number of carbonyl (C=O) groups is 2. The topological polar surface area (TPSA) is 100 Å². The number of halogens is 3. The van der Waals surface area contributed by atoms with Crippen LogP contribution in [-0.2, 0) is 16.0 Å². The number of alkyl halides is 3. The van der Waals surface area contributed by atoms with E-state index in [1.807, 2.05) is 37.3 Å². The first-order chi connectivity index (χ1) is 19.8. The molecular formula is C31H34ClF2N3O5. The van der Waals surface area contributed by atoms with Crippen molar-refractivity contribution in [3.63, 3.8) is 0 Å². The standard InChI is InChI=1S/C31H34ClF2N3O5/c1-30(32)9-6-19(7-10-30)27(28(38)37-11-8-18-4-5-24(17-26(18)37)42-31(2,33)34)36-23-14-22(15-25(16-23)41-3)35-21-12-20(13-21)29(39)40/h4-7,9,14-17,20-21,27,35-36H,8,10-13H2,1-3H3,(H,39,40). The molecule has 2 unspecified atom stereocenters. The fourth-order valence-corrected chi connectivity index (χ4v) is 5.60. The normalized spacial score (nSPS) is 23.8. The molecule has 8 nitrogen and oxygen atoms in total. The highest BCUT2D eigenvalue weighted by molar-refractivity contribution is 6.25. The molecule has 5 rings (SSSR count). The lowest BCUT2D eigenvalue weighted by atomic mass is 9.80. The van der Waals surface area contributed by atoms with E-state index in [0.717, 1.165) is 16.8 Å². The van der Waals surface area contributed by atoms with Gasteiger partial charge in [0.25, 0.3) is 5.91 Å². The van der Waals surface area contributed by atoms with Crippen molar-refractivity contribution in [2.45, 2.75) is 62.6 Å². The van der Waals surface area contributed by atoms with Crippen LogP contribution < -0.4 is 25.0 Å². The molecular weight excluding hydrogens is 568 g/mol. The van der Waals surface area contributed by atoms with E-state index in [0.29, 0.717) is 56.3 Å². The predicted octanol–water partition coefficient (Wildman–Crippen LogP) is 6.22. The maximum absolute atomic E-state index is 14.2. The fraction of sp³-hybridized carbons (Fsp3) is 0.419. The molecule has 3 aliphatic rings. The summed E-state index contributed by atoms with van der Waals surface area (Å²) in [7, 11) is 1.55. The van der Waals surface area contributed by atoms with Gasteiger partial charge in [0.2, 0.25) is 0 Å². The molecule has 0 saturated heterocycles. The highest BCUT2D eigenvalue weighted by Crippen LogP contribution is 2.37. The summed E-state index contributed by atoms with van der Waals surface area (Å²) in [6, 6.07) is 9.31. The zero-order valence-electron chi connectivity index (χ0n) is 23.6. The first-order valence-corrected chi connectivity index (χ1v) is 14.2. The minimum atomic E-state index is -3.36. The van der Waals surface area contributed by atoms with Crippen LogP contribution in [0.5, 0.6) is 11.5 Å². The van der Waals surface area contributed by atoms with Crippen molar-refractivity contribution in [2.24, 2.45) is 5.92 Å². The van der Waals surface area contributed by atoms with E-state index in [2.05, 4.69) is 10.6 Å². The third-order valence-electron chi connectivity index (χ3n) is 7.77. The number of carbonyl (C=O) groups excluding carboxylic acids is 1. The van der Waals surface area contributed by atoms with Crippen molar-refractivity contribution < 1.29 is 33.0 Å². The van der Waals surface area contributed by atoms with Gasteiger partial charge in [-0.25, -0.2) is 0 Å². The molecule has 1 heterocycles. The van der Waals surface area contributed by atoms with Gasteiger partial charge in [0.1, 0.15) is 17.5 Å². The molecule has 42 heavy (non-hydrogen) atoms. The van der Waals surface area contributed by atoms with Crippen LogP contribution in [0.2, 0.25) is 0 Å². The van der Waals surface area contributed by atoms with E-state index < -0.39 is 23.0 Å². The molecule has 2 aromatic carbocycles. The van der Waals surface area contributed by atoms with Crippen molar-refractivity contribution in [3.05, 3.63) is 65.8 Å². The largest absolute Gasteiger partial charge is 0.497 e. The molecule has 2 aromatic rings. The lowest BCUT2D eigenvalue weighted by Gasteiger charge is -2.34. The number of nitrogens with one attached hydrogen (secondary N) is 2. The van der Waals surface area contributed by atoms with Gasteiger partial charge < -0.3 is 30.1 Å². The van der Waals surface area contributed by atoms with E-state index in [-0.39, 0.29) is 23.6 Å². The molecule has 0 radical (unpaired) electrons. The van der Waals surface area contributed by atoms with E-state index in [1.54, 1.807) is 24.1 Å². The zero-order chi connectivity index (χ0) is 30.2. The second kappa shape index (κ2) is 11.5. The predicted molar refractivity (Wildman–Crippen MR) is 158 cm³/mol. The Balaban J connectivity index is 1.43. The number of rotatable bonds is 10. The molecule has 0 aromatic heterocycles. The number of fused-ring (bicyclic) bond motifs is 1. The highest BCUT2D eigenvalue weighted by atomic mass is 35.5. The van der Waals surface area contributed by atoms with Crippen LogP contribution in [0.4, 0.5) is 25.8 Å². The van der Waals surface area contributed by atoms with Crippen molar-refractivity contribution in [2.75, 3.05) is 29.2 Å². The summed E-state index contributed by atoms with van der Waals surface area (Å²) in [5.41, 5.74) is 3.46. The maximum Gasteiger partial charge on any atom is 0.394 e. The molecule has 2 aliphatic carbocycles. The molecule has 1 amide bonds. The summed E-state index contributed by atoms with van der Waals surface area (Å²) < 4.78 is 37.4.